The first kappa shape index (κ1) is 12.9. The predicted octanol–water partition coefficient (Wildman–Crippen LogP) is 2.13. The van der Waals surface area contributed by atoms with Gasteiger partial charge in [-0.2, -0.15) is 0 Å². The van der Waals surface area contributed by atoms with Gasteiger partial charge in [-0.1, -0.05) is 0 Å². The number of benzene rings is 1. The maximum atomic E-state index is 11.7. The zero-order chi connectivity index (χ0) is 11.4. The molecule has 0 saturated carbocycles. The van der Waals surface area contributed by atoms with Crippen molar-refractivity contribution in [3.05, 3.63) is 31.8 Å². The number of hydrogen-bond donors (Lipinski definition) is 2. The number of hydrogen-bond acceptors (Lipinski definition) is 2. The maximum Gasteiger partial charge on any atom is 0.252 e. The number of carbonyl (C=O) groups excluding carboxylic acids is 1. The Morgan fingerprint density at radius 3 is 2.93 bits per heavy atom. The van der Waals surface area contributed by atoms with E-state index in [4.69, 9.17) is 5.73 Å². The van der Waals surface area contributed by atoms with Crippen LogP contribution in [0.4, 0.5) is 0 Å². The second-order valence-corrected chi connectivity index (χ2v) is 5.41. The predicted molar refractivity (Wildman–Crippen MR) is 72.8 cm³/mol. The molecule has 0 heterocycles. The normalized spacial score (nSPS) is 12.3. The fourth-order valence-electron chi connectivity index (χ4n) is 1.02. The van der Waals surface area contributed by atoms with Crippen LogP contribution in [-0.2, 0) is 0 Å². The SMILES string of the molecule is CC(N)CNC(=O)c1cc(I)ccc1Br. The molecule has 0 aromatic heterocycles. The molecule has 0 radical (unpaired) electrons. The van der Waals surface area contributed by atoms with Gasteiger partial charge in [0.15, 0.2) is 0 Å². The summed E-state index contributed by atoms with van der Waals surface area (Å²) in [5, 5.41) is 2.77. The summed E-state index contributed by atoms with van der Waals surface area (Å²) in [7, 11) is 0. The molecular formula is C10H12BrIN2O. The van der Waals surface area contributed by atoms with Crippen molar-refractivity contribution < 1.29 is 4.79 Å². The maximum absolute atomic E-state index is 11.7. The Morgan fingerprint density at radius 2 is 2.33 bits per heavy atom. The number of rotatable bonds is 3. The van der Waals surface area contributed by atoms with Gasteiger partial charge in [0.2, 0.25) is 0 Å². The summed E-state index contributed by atoms with van der Waals surface area (Å²) in [5.41, 5.74) is 6.20. The minimum Gasteiger partial charge on any atom is -0.350 e. The van der Waals surface area contributed by atoms with Crippen LogP contribution >= 0.6 is 38.5 Å². The quantitative estimate of drug-likeness (QED) is 0.787. The van der Waals surface area contributed by atoms with Crippen LogP contribution in [0.5, 0.6) is 0 Å². The van der Waals surface area contributed by atoms with Crippen molar-refractivity contribution in [1.82, 2.24) is 5.32 Å². The highest BCUT2D eigenvalue weighted by Crippen LogP contribution is 2.19. The molecule has 0 fully saturated rings. The minimum absolute atomic E-state index is 0.0319. The summed E-state index contributed by atoms with van der Waals surface area (Å²) >= 11 is 5.51. The molecule has 0 saturated heterocycles. The van der Waals surface area contributed by atoms with Crippen LogP contribution in [0.15, 0.2) is 22.7 Å². The Morgan fingerprint density at radius 1 is 1.67 bits per heavy atom. The molecule has 0 spiro atoms. The molecule has 1 aromatic carbocycles. The Hall–Kier alpha value is -0.140. The Balaban J connectivity index is 2.77. The number of nitrogens with two attached hydrogens (primary N) is 1. The highest BCUT2D eigenvalue weighted by molar-refractivity contribution is 14.1. The first-order valence-corrected chi connectivity index (χ1v) is 6.36. The Labute approximate surface area is 111 Å². The second-order valence-electron chi connectivity index (χ2n) is 3.31. The molecule has 15 heavy (non-hydrogen) atoms. The van der Waals surface area contributed by atoms with Crippen LogP contribution in [0.2, 0.25) is 0 Å². The van der Waals surface area contributed by atoms with E-state index in [0.29, 0.717) is 12.1 Å². The molecule has 1 amide bonds. The van der Waals surface area contributed by atoms with Crippen LogP contribution in [0.3, 0.4) is 0 Å². The van der Waals surface area contributed by atoms with Crippen molar-refractivity contribution in [2.75, 3.05) is 6.54 Å². The van der Waals surface area contributed by atoms with E-state index in [1.165, 1.54) is 0 Å². The molecule has 0 bridgehead atoms. The highest BCUT2D eigenvalue weighted by atomic mass is 127. The van der Waals surface area contributed by atoms with Crippen LogP contribution in [0, 0.1) is 3.57 Å². The molecule has 82 valence electrons. The minimum atomic E-state index is -0.0994. The van der Waals surface area contributed by atoms with E-state index in [-0.39, 0.29) is 11.9 Å². The van der Waals surface area contributed by atoms with Gasteiger partial charge >= 0.3 is 0 Å². The van der Waals surface area contributed by atoms with Crippen molar-refractivity contribution >= 4 is 44.4 Å². The number of nitrogens with one attached hydrogen (secondary N) is 1. The topological polar surface area (TPSA) is 55.1 Å². The van der Waals surface area contributed by atoms with Gasteiger partial charge in [0.1, 0.15) is 0 Å². The monoisotopic (exact) mass is 382 g/mol. The molecule has 3 nitrogen and oxygen atoms in total. The first-order valence-electron chi connectivity index (χ1n) is 4.49. The number of amides is 1. The van der Waals surface area contributed by atoms with Crippen molar-refractivity contribution in [3.8, 4) is 0 Å². The second kappa shape index (κ2) is 5.81. The average Bonchev–Trinajstić information content (AvgIpc) is 2.18. The van der Waals surface area contributed by atoms with Crippen molar-refractivity contribution in [2.24, 2.45) is 5.73 Å². The molecule has 1 unspecified atom stereocenters. The summed E-state index contributed by atoms with van der Waals surface area (Å²) in [5.74, 6) is -0.0994. The first-order chi connectivity index (χ1) is 7.00. The summed E-state index contributed by atoms with van der Waals surface area (Å²) < 4.78 is 1.83. The lowest BCUT2D eigenvalue weighted by atomic mass is 10.2. The third kappa shape index (κ3) is 4.08. The summed E-state index contributed by atoms with van der Waals surface area (Å²) in [4.78, 5) is 11.7. The Kier molecular flexibility index (Phi) is 5.01. The number of halogens is 2. The van der Waals surface area contributed by atoms with Crippen molar-refractivity contribution in [2.45, 2.75) is 13.0 Å². The largest absolute Gasteiger partial charge is 0.350 e. The molecule has 0 aliphatic heterocycles. The zero-order valence-electron chi connectivity index (χ0n) is 8.26. The summed E-state index contributed by atoms with van der Waals surface area (Å²) in [6.07, 6.45) is 0. The van der Waals surface area contributed by atoms with E-state index in [0.717, 1.165) is 8.04 Å². The van der Waals surface area contributed by atoms with Crippen LogP contribution < -0.4 is 11.1 Å². The lowest BCUT2D eigenvalue weighted by Gasteiger charge is -2.09. The smallest absolute Gasteiger partial charge is 0.252 e. The van der Waals surface area contributed by atoms with Crippen molar-refractivity contribution in [3.63, 3.8) is 0 Å². The third-order valence-electron chi connectivity index (χ3n) is 1.76. The van der Waals surface area contributed by atoms with Gasteiger partial charge in [-0.05, 0) is 63.6 Å². The van der Waals surface area contributed by atoms with E-state index >= 15 is 0 Å². The third-order valence-corrected chi connectivity index (χ3v) is 3.12. The van der Waals surface area contributed by atoms with Gasteiger partial charge in [0, 0.05) is 20.6 Å². The van der Waals surface area contributed by atoms with Crippen LogP contribution in [-0.4, -0.2) is 18.5 Å². The number of carbonyl (C=O) groups is 1. The fourth-order valence-corrected chi connectivity index (χ4v) is 1.94. The summed E-state index contributed by atoms with van der Waals surface area (Å²) in [6.45, 7) is 2.33. The van der Waals surface area contributed by atoms with E-state index in [2.05, 4.69) is 43.8 Å². The van der Waals surface area contributed by atoms with Gasteiger partial charge in [0.05, 0.1) is 5.56 Å². The standard InChI is InChI=1S/C10H12BrIN2O/c1-6(13)5-14-10(15)8-4-7(12)2-3-9(8)11/h2-4,6H,5,13H2,1H3,(H,14,15). The van der Waals surface area contributed by atoms with E-state index in [1.807, 2.05) is 25.1 Å². The van der Waals surface area contributed by atoms with E-state index < -0.39 is 0 Å². The van der Waals surface area contributed by atoms with Crippen molar-refractivity contribution in [1.29, 1.82) is 0 Å². The van der Waals surface area contributed by atoms with Gasteiger partial charge in [-0.25, -0.2) is 0 Å². The zero-order valence-corrected chi connectivity index (χ0v) is 12.0. The fraction of sp³-hybridized carbons (Fsp3) is 0.300. The molecule has 3 N–H and O–H groups in total. The lowest BCUT2D eigenvalue weighted by Crippen LogP contribution is -2.35. The molecule has 0 aliphatic rings. The average molecular weight is 383 g/mol. The Bertz CT molecular complexity index is 368. The molecule has 1 rings (SSSR count). The van der Waals surface area contributed by atoms with Gasteiger partial charge < -0.3 is 11.1 Å². The highest BCUT2D eigenvalue weighted by Gasteiger charge is 2.10. The molecular weight excluding hydrogens is 371 g/mol. The van der Waals surface area contributed by atoms with Gasteiger partial charge in [-0.3, -0.25) is 4.79 Å². The van der Waals surface area contributed by atoms with Crippen LogP contribution in [0.25, 0.3) is 0 Å². The molecule has 1 aromatic rings. The molecule has 0 aliphatic carbocycles. The van der Waals surface area contributed by atoms with Gasteiger partial charge in [-0.15, -0.1) is 0 Å². The summed E-state index contributed by atoms with van der Waals surface area (Å²) in [6, 6.07) is 5.60. The molecule has 5 heteroatoms. The lowest BCUT2D eigenvalue weighted by molar-refractivity contribution is 0.0951. The van der Waals surface area contributed by atoms with Crippen LogP contribution in [0.1, 0.15) is 17.3 Å². The van der Waals surface area contributed by atoms with Gasteiger partial charge in [0.25, 0.3) is 5.91 Å². The van der Waals surface area contributed by atoms with E-state index in [1.54, 1.807) is 0 Å². The van der Waals surface area contributed by atoms with E-state index in [9.17, 15) is 4.79 Å². The molecule has 1 atom stereocenters.